The second-order valence-corrected chi connectivity index (χ2v) is 5.93. The van der Waals surface area contributed by atoms with Crippen LogP contribution < -0.4 is 14.8 Å². The molecular weight excluding hydrogens is 319 g/mol. The predicted octanol–water partition coefficient (Wildman–Crippen LogP) is 4.22. The van der Waals surface area contributed by atoms with Crippen LogP contribution in [0.4, 0.5) is 13.2 Å². The second kappa shape index (κ2) is 6.36. The van der Waals surface area contributed by atoms with E-state index in [4.69, 9.17) is 4.74 Å². The molecule has 1 aliphatic rings. The van der Waals surface area contributed by atoms with Gasteiger partial charge in [0.1, 0.15) is 6.10 Å². The Balaban J connectivity index is 1.99. The quantitative estimate of drug-likeness (QED) is 0.906. The molecule has 3 rings (SSSR count). The van der Waals surface area contributed by atoms with Gasteiger partial charge < -0.3 is 14.8 Å². The lowest BCUT2D eigenvalue weighted by molar-refractivity contribution is -0.275. The molecule has 0 amide bonds. The largest absolute Gasteiger partial charge is 0.573 e. The molecule has 1 aliphatic heterocycles. The number of rotatable bonds is 4. The van der Waals surface area contributed by atoms with Crippen LogP contribution in [0.2, 0.25) is 0 Å². The highest BCUT2D eigenvalue weighted by molar-refractivity contribution is 5.70. The van der Waals surface area contributed by atoms with Gasteiger partial charge >= 0.3 is 6.36 Å². The number of benzene rings is 2. The summed E-state index contributed by atoms with van der Waals surface area (Å²) in [6.07, 6.45) is -4.90. The first kappa shape index (κ1) is 16.6. The van der Waals surface area contributed by atoms with Crippen molar-refractivity contribution >= 4 is 0 Å². The Hall–Kier alpha value is -2.21. The lowest BCUT2D eigenvalue weighted by Crippen LogP contribution is -2.50. The number of hydrogen-bond acceptors (Lipinski definition) is 3. The Kier molecular flexibility index (Phi) is 4.41. The molecule has 0 spiro atoms. The van der Waals surface area contributed by atoms with Crippen LogP contribution in [0.15, 0.2) is 36.4 Å². The highest BCUT2D eigenvalue weighted by Crippen LogP contribution is 2.37. The summed E-state index contributed by atoms with van der Waals surface area (Å²) in [6.45, 7) is 5.09. The van der Waals surface area contributed by atoms with E-state index < -0.39 is 6.36 Å². The van der Waals surface area contributed by atoms with Gasteiger partial charge in [0.15, 0.2) is 11.5 Å². The maximum absolute atomic E-state index is 12.7. The van der Waals surface area contributed by atoms with Crippen molar-refractivity contribution in [1.82, 2.24) is 5.32 Å². The normalized spacial score (nSPS) is 15.0. The Morgan fingerprint density at radius 2 is 1.75 bits per heavy atom. The van der Waals surface area contributed by atoms with Crippen molar-refractivity contribution in [3.05, 3.63) is 47.5 Å². The number of halogens is 3. The molecule has 1 heterocycles. The van der Waals surface area contributed by atoms with Crippen molar-refractivity contribution < 1.29 is 22.6 Å². The number of aryl methyl sites for hydroxylation is 2. The molecule has 2 aromatic rings. The van der Waals surface area contributed by atoms with Crippen molar-refractivity contribution in [3.63, 3.8) is 0 Å². The second-order valence-electron chi connectivity index (χ2n) is 5.93. The van der Waals surface area contributed by atoms with Crippen LogP contribution in [0.1, 0.15) is 11.1 Å². The molecule has 0 radical (unpaired) electrons. The molecule has 0 aliphatic carbocycles. The Labute approximate surface area is 138 Å². The van der Waals surface area contributed by atoms with Crippen LogP contribution in [0.25, 0.3) is 11.1 Å². The molecule has 0 atom stereocenters. The molecule has 3 nitrogen and oxygen atoms in total. The third kappa shape index (κ3) is 3.82. The maximum atomic E-state index is 12.7. The molecule has 0 saturated carbocycles. The molecule has 128 valence electrons. The van der Waals surface area contributed by atoms with Crippen molar-refractivity contribution in [3.8, 4) is 22.6 Å². The fourth-order valence-electron chi connectivity index (χ4n) is 2.55. The number of nitrogens with one attached hydrogen (secondary N) is 1. The monoisotopic (exact) mass is 337 g/mol. The lowest BCUT2D eigenvalue weighted by atomic mass is 9.98. The van der Waals surface area contributed by atoms with E-state index in [0.29, 0.717) is 18.7 Å². The molecule has 1 N–H and O–H groups in total. The Morgan fingerprint density at radius 1 is 1.00 bits per heavy atom. The van der Waals surface area contributed by atoms with Crippen molar-refractivity contribution in [2.45, 2.75) is 26.3 Å². The molecular formula is C18H18F3NO2. The van der Waals surface area contributed by atoms with Gasteiger partial charge in [-0.3, -0.25) is 0 Å². The number of ether oxygens (including phenoxy) is 2. The van der Waals surface area contributed by atoms with Gasteiger partial charge in [-0.05, 0) is 42.7 Å². The minimum Gasteiger partial charge on any atom is -0.484 e. The fraction of sp³-hybridized carbons (Fsp3) is 0.333. The van der Waals surface area contributed by atoms with E-state index in [1.54, 1.807) is 6.07 Å². The molecule has 2 aromatic carbocycles. The van der Waals surface area contributed by atoms with Crippen molar-refractivity contribution in [2.24, 2.45) is 0 Å². The first-order valence-corrected chi connectivity index (χ1v) is 7.66. The zero-order chi connectivity index (χ0) is 17.3. The van der Waals surface area contributed by atoms with E-state index in [2.05, 4.69) is 10.1 Å². The predicted molar refractivity (Wildman–Crippen MR) is 85.3 cm³/mol. The van der Waals surface area contributed by atoms with Gasteiger partial charge in [0, 0.05) is 13.1 Å². The standard InChI is InChI=1S/C18H18F3NO2/c1-11-3-4-12(2)15(7-11)13-5-6-16(23-14-9-22-10-14)17(8-13)24-18(19,20)21/h3-8,14,22H,9-10H2,1-2H3. The molecule has 1 fully saturated rings. The third-order valence-electron chi connectivity index (χ3n) is 3.91. The SMILES string of the molecule is Cc1ccc(C)c(-c2ccc(OC3CNC3)c(OC(F)(F)F)c2)c1. The van der Waals surface area contributed by atoms with E-state index >= 15 is 0 Å². The van der Waals surface area contributed by atoms with Crippen LogP contribution in [-0.4, -0.2) is 25.6 Å². The Morgan fingerprint density at radius 3 is 2.38 bits per heavy atom. The number of hydrogen-bond donors (Lipinski definition) is 1. The summed E-state index contributed by atoms with van der Waals surface area (Å²) < 4.78 is 48.0. The molecule has 0 aromatic heterocycles. The average molecular weight is 337 g/mol. The summed E-state index contributed by atoms with van der Waals surface area (Å²) in [5.74, 6) is -0.208. The van der Waals surface area contributed by atoms with Crippen LogP contribution in [0.3, 0.4) is 0 Å². The van der Waals surface area contributed by atoms with Gasteiger partial charge in [-0.25, -0.2) is 0 Å². The van der Waals surface area contributed by atoms with Gasteiger partial charge in [-0.15, -0.1) is 13.2 Å². The van der Waals surface area contributed by atoms with Crippen LogP contribution in [0.5, 0.6) is 11.5 Å². The fourth-order valence-corrected chi connectivity index (χ4v) is 2.55. The van der Waals surface area contributed by atoms with E-state index in [-0.39, 0.29) is 17.6 Å². The van der Waals surface area contributed by atoms with Gasteiger partial charge in [-0.2, -0.15) is 0 Å². The van der Waals surface area contributed by atoms with Crippen molar-refractivity contribution in [2.75, 3.05) is 13.1 Å². The molecule has 6 heteroatoms. The summed E-state index contributed by atoms with van der Waals surface area (Å²) >= 11 is 0. The molecule has 24 heavy (non-hydrogen) atoms. The molecule has 1 saturated heterocycles. The first-order chi connectivity index (χ1) is 11.3. The van der Waals surface area contributed by atoms with Crippen LogP contribution in [-0.2, 0) is 0 Å². The van der Waals surface area contributed by atoms with Crippen LogP contribution >= 0.6 is 0 Å². The molecule has 0 unspecified atom stereocenters. The summed E-state index contributed by atoms with van der Waals surface area (Å²) in [5.41, 5.74) is 3.55. The summed E-state index contributed by atoms with van der Waals surface area (Å²) in [7, 11) is 0. The molecule has 0 bridgehead atoms. The van der Waals surface area contributed by atoms with E-state index in [1.807, 2.05) is 32.0 Å². The van der Waals surface area contributed by atoms with Gasteiger partial charge in [0.25, 0.3) is 0 Å². The zero-order valence-corrected chi connectivity index (χ0v) is 13.4. The third-order valence-corrected chi connectivity index (χ3v) is 3.91. The zero-order valence-electron chi connectivity index (χ0n) is 13.4. The minimum atomic E-state index is -4.77. The highest BCUT2D eigenvalue weighted by atomic mass is 19.4. The van der Waals surface area contributed by atoms with Gasteiger partial charge in [-0.1, -0.05) is 29.8 Å². The Bertz CT molecular complexity index is 740. The maximum Gasteiger partial charge on any atom is 0.573 e. The van der Waals surface area contributed by atoms with Gasteiger partial charge in [0.2, 0.25) is 0 Å². The lowest BCUT2D eigenvalue weighted by Gasteiger charge is -2.28. The average Bonchev–Trinajstić information content (AvgIpc) is 2.45. The highest BCUT2D eigenvalue weighted by Gasteiger charge is 2.33. The smallest absolute Gasteiger partial charge is 0.484 e. The summed E-state index contributed by atoms with van der Waals surface area (Å²) in [5, 5.41) is 3.01. The first-order valence-electron chi connectivity index (χ1n) is 7.66. The topological polar surface area (TPSA) is 30.5 Å². The summed E-state index contributed by atoms with van der Waals surface area (Å²) in [6, 6.07) is 10.5. The summed E-state index contributed by atoms with van der Waals surface area (Å²) in [4.78, 5) is 0. The van der Waals surface area contributed by atoms with E-state index in [9.17, 15) is 13.2 Å². The van der Waals surface area contributed by atoms with E-state index in [0.717, 1.165) is 16.7 Å². The van der Waals surface area contributed by atoms with E-state index in [1.165, 1.54) is 12.1 Å². The van der Waals surface area contributed by atoms with Crippen LogP contribution in [0, 0.1) is 13.8 Å². The van der Waals surface area contributed by atoms with Crippen molar-refractivity contribution in [1.29, 1.82) is 0 Å². The minimum absolute atomic E-state index is 0.105. The number of alkyl halides is 3. The van der Waals surface area contributed by atoms with Gasteiger partial charge in [0.05, 0.1) is 0 Å².